The van der Waals surface area contributed by atoms with E-state index >= 15 is 0 Å². The Kier molecular flexibility index (Phi) is 5.75. The summed E-state index contributed by atoms with van der Waals surface area (Å²) in [7, 11) is 0. The summed E-state index contributed by atoms with van der Waals surface area (Å²) in [5.74, 6) is 0.537. The highest BCUT2D eigenvalue weighted by atomic mass is 16.5. The molecule has 27 heavy (non-hydrogen) atoms. The number of carbonyl (C=O) groups excluding carboxylic acids is 2. The molecule has 0 fully saturated rings. The van der Waals surface area contributed by atoms with Gasteiger partial charge in [-0.25, -0.2) is 0 Å². The van der Waals surface area contributed by atoms with Crippen LogP contribution in [-0.4, -0.2) is 11.9 Å². The quantitative estimate of drug-likeness (QED) is 0.319. The summed E-state index contributed by atoms with van der Waals surface area (Å²) in [5.41, 5.74) is 0.963. The Morgan fingerprint density at radius 1 is 0.741 bits per heavy atom. The molecule has 0 aliphatic carbocycles. The maximum atomic E-state index is 12.3. The lowest BCUT2D eigenvalue weighted by molar-refractivity contribution is -0.135. The Bertz CT molecular complexity index is 1000. The fourth-order valence-corrected chi connectivity index (χ4v) is 3.27. The van der Waals surface area contributed by atoms with Crippen molar-refractivity contribution in [3.8, 4) is 11.5 Å². The smallest absolute Gasteiger partial charge is 0.311 e. The Hall–Kier alpha value is -2.88. The first-order valence-electron chi connectivity index (χ1n) is 9.42. The van der Waals surface area contributed by atoms with Crippen molar-refractivity contribution in [2.75, 3.05) is 0 Å². The number of benzene rings is 3. The molecule has 0 N–H and O–H groups in total. The molecule has 0 amide bonds. The van der Waals surface area contributed by atoms with Crippen molar-refractivity contribution in [1.29, 1.82) is 0 Å². The van der Waals surface area contributed by atoms with Crippen molar-refractivity contribution < 1.29 is 19.1 Å². The topological polar surface area (TPSA) is 52.6 Å². The molecule has 140 valence electrons. The zero-order chi connectivity index (χ0) is 19.4. The molecule has 3 aromatic rings. The van der Waals surface area contributed by atoms with Crippen LogP contribution in [0.5, 0.6) is 11.5 Å². The molecule has 4 heteroatoms. The number of rotatable bonds is 6. The van der Waals surface area contributed by atoms with Gasteiger partial charge >= 0.3 is 11.9 Å². The highest BCUT2D eigenvalue weighted by Gasteiger charge is 2.20. The second kappa shape index (κ2) is 8.21. The van der Waals surface area contributed by atoms with E-state index < -0.39 is 0 Å². The van der Waals surface area contributed by atoms with Crippen LogP contribution in [0, 0.1) is 6.92 Å². The number of carbonyl (C=O) groups is 2. The number of esters is 2. The minimum absolute atomic E-state index is 0.261. The highest BCUT2D eigenvalue weighted by Crippen LogP contribution is 2.44. The molecular weight excluding hydrogens is 340 g/mol. The second-order valence-corrected chi connectivity index (χ2v) is 6.65. The lowest BCUT2D eigenvalue weighted by Gasteiger charge is -2.17. The van der Waals surface area contributed by atoms with Crippen LogP contribution in [0.4, 0.5) is 0 Å². The average molecular weight is 364 g/mol. The molecule has 3 aromatic carbocycles. The molecule has 0 spiro atoms. The molecule has 0 aliphatic heterocycles. The average Bonchev–Trinajstić information content (AvgIpc) is 2.65. The fourth-order valence-electron chi connectivity index (χ4n) is 3.27. The zero-order valence-electron chi connectivity index (χ0n) is 16.0. The third-order valence-corrected chi connectivity index (χ3v) is 4.50. The summed E-state index contributed by atoms with van der Waals surface area (Å²) in [6.45, 7) is 5.85. The predicted octanol–water partition coefficient (Wildman–Crippen LogP) is 5.71. The van der Waals surface area contributed by atoms with E-state index in [4.69, 9.17) is 9.47 Å². The standard InChI is InChI=1S/C23H24O4/c1-4-9-19(24)26-22-16-12-6-7-13-17(16)23(27-20(25)10-5-2)21-15(3)11-8-14-18(21)22/h6-8,11-14H,4-5,9-10H2,1-3H3. The summed E-state index contributed by atoms with van der Waals surface area (Å²) >= 11 is 0. The molecule has 0 unspecified atom stereocenters. The van der Waals surface area contributed by atoms with Crippen LogP contribution in [0.2, 0.25) is 0 Å². The highest BCUT2D eigenvalue weighted by molar-refractivity contribution is 6.13. The first-order chi connectivity index (χ1) is 13.1. The summed E-state index contributed by atoms with van der Waals surface area (Å²) < 4.78 is 11.6. The maximum absolute atomic E-state index is 12.3. The molecule has 0 bridgehead atoms. The zero-order valence-corrected chi connectivity index (χ0v) is 16.0. The van der Waals surface area contributed by atoms with Gasteiger partial charge in [-0.3, -0.25) is 9.59 Å². The van der Waals surface area contributed by atoms with Gasteiger partial charge in [0.2, 0.25) is 0 Å². The van der Waals surface area contributed by atoms with Gasteiger partial charge < -0.3 is 9.47 Å². The van der Waals surface area contributed by atoms with Crippen molar-refractivity contribution >= 4 is 33.5 Å². The monoisotopic (exact) mass is 364 g/mol. The van der Waals surface area contributed by atoms with Gasteiger partial charge in [0, 0.05) is 34.4 Å². The van der Waals surface area contributed by atoms with Crippen LogP contribution in [-0.2, 0) is 9.59 Å². The largest absolute Gasteiger partial charge is 0.425 e. The Morgan fingerprint density at radius 2 is 1.26 bits per heavy atom. The lowest BCUT2D eigenvalue weighted by atomic mass is 9.97. The minimum atomic E-state index is -0.263. The second-order valence-electron chi connectivity index (χ2n) is 6.65. The van der Waals surface area contributed by atoms with Crippen LogP contribution >= 0.6 is 0 Å². The Balaban J connectivity index is 2.31. The van der Waals surface area contributed by atoms with Crippen molar-refractivity contribution in [1.82, 2.24) is 0 Å². The van der Waals surface area contributed by atoms with E-state index in [0.29, 0.717) is 24.3 Å². The summed E-state index contributed by atoms with van der Waals surface area (Å²) in [6, 6.07) is 13.4. The predicted molar refractivity (Wildman–Crippen MR) is 107 cm³/mol. The third kappa shape index (κ3) is 3.80. The molecule has 0 aromatic heterocycles. The van der Waals surface area contributed by atoms with Crippen LogP contribution < -0.4 is 9.47 Å². The van der Waals surface area contributed by atoms with Gasteiger partial charge in [0.05, 0.1) is 0 Å². The molecule has 0 saturated carbocycles. The van der Waals surface area contributed by atoms with E-state index in [1.54, 1.807) is 0 Å². The summed E-state index contributed by atoms with van der Waals surface area (Å²) in [6.07, 6.45) is 2.16. The summed E-state index contributed by atoms with van der Waals surface area (Å²) in [5, 5.41) is 3.11. The van der Waals surface area contributed by atoms with E-state index in [9.17, 15) is 9.59 Å². The summed E-state index contributed by atoms with van der Waals surface area (Å²) in [4.78, 5) is 24.5. The van der Waals surface area contributed by atoms with Gasteiger partial charge in [-0.1, -0.05) is 56.3 Å². The van der Waals surface area contributed by atoms with E-state index in [-0.39, 0.29) is 11.9 Å². The SMILES string of the molecule is CCCC(=O)Oc1c2ccccc2c(OC(=O)CCC)c2c(C)cccc12. The minimum Gasteiger partial charge on any atom is -0.425 e. The number of hydrogen-bond acceptors (Lipinski definition) is 4. The van der Waals surface area contributed by atoms with E-state index in [0.717, 1.165) is 39.9 Å². The number of hydrogen-bond donors (Lipinski definition) is 0. The number of fused-ring (bicyclic) bond motifs is 2. The van der Waals surface area contributed by atoms with E-state index in [1.165, 1.54) is 0 Å². The van der Waals surface area contributed by atoms with Gasteiger partial charge in [0.15, 0.2) is 0 Å². The first-order valence-corrected chi connectivity index (χ1v) is 9.42. The van der Waals surface area contributed by atoms with E-state index in [1.807, 2.05) is 63.2 Å². The molecule has 4 nitrogen and oxygen atoms in total. The van der Waals surface area contributed by atoms with Crippen molar-refractivity contribution in [2.45, 2.75) is 46.5 Å². The van der Waals surface area contributed by atoms with Crippen molar-refractivity contribution in [2.24, 2.45) is 0 Å². The van der Waals surface area contributed by atoms with Crippen LogP contribution in [0.3, 0.4) is 0 Å². The normalized spacial score (nSPS) is 10.9. The Morgan fingerprint density at radius 3 is 1.85 bits per heavy atom. The van der Waals surface area contributed by atoms with Gasteiger partial charge in [0.25, 0.3) is 0 Å². The van der Waals surface area contributed by atoms with E-state index in [2.05, 4.69) is 0 Å². The van der Waals surface area contributed by atoms with Gasteiger partial charge in [0.1, 0.15) is 11.5 Å². The molecule has 0 atom stereocenters. The fraction of sp³-hybridized carbons (Fsp3) is 0.304. The molecule has 0 heterocycles. The van der Waals surface area contributed by atoms with Crippen LogP contribution in [0.15, 0.2) is 42.5 Å². The molecule has 0 aliphatic rings. The Labute approximate surface area is 159 Å². The molecule has 0 radical (unpaired) electrons. The van der Waals surface area contributed by atoms with Gasteiger partial charge in [-0.05, 0) is 25.3 Å². The number of ether oxygens (including phenoxy) is 2. The molecule has 3 rings (SSSR count). The van der Waals surface area contributed by atoms with Gasteiger partial charge in [-0.15, -0.1) is 0 Å². The van der Waals surface area contributed by atoms with Gasteiger partial charge in [-0.2, -0.15) is 0 Å². The number of aryl methyl sites for hydroxylation is 1. The molecule has 0 saturated heterocycles. The van der Waals surface area contributed by atoms with Crippen LogP contribution in [0.25, 0.3) is 21.5 Å². The van der Waals surface area contributed by atoms with Crippen molar-refractivity contribution in [3.63, 3.8) is 0 Å². The third-order valence-electron chi connectivity index (χ3n) is 4.50. The molecular formula is C23H24O4. The lowest BCUT2D eigenvalue weighted by Crippen LogP contribution is -2.10. The maximum Gasteiger partial charge on any atom is 0.311 e. The van der Waals surface area contributed by atoms with Crippen LogP contribution in [0.1, 0.15) is 45.1 Å². The first kappa shape index (κ1) is 18.9. The van der Waals surface area contributed by atoms with Crippen molar-refractivity contribution in [3.05, 3.63) is 48.0 Å².